The van der Waals surface area contributed by atoms with Gasteiger partial charge in [0.05, 0.1) is 17.8 Å². The van der Waals surface area contributed by atoms with E-state index in [9.17, 15) is 22.4 Å². The molecule has 0 radical (unpaired) electrons. The maximum absolute atomic E-state index is 13.2. The number of amides is 1. The van der Waals surface area contributed by atoms with Crippen LogP contribution in [0.25, 0.3) is 0 Å². The maximum atomic E-state index is 13.2. The number of piperazine rings is 1. The molecule has 0 bridgehead atoms. The van der Waals surface area contributed by atoms with Crippen LogP contribution in [0.2, 0.25) is 0 Å². The standard InChI is InChI=1S/C18H18F4N4O/c19-15-6-3-7-16(24-15)26-10-8-25(9-11-26)12-17(27)23-14-5-2-1-4-13(14)18(20,21)22/h1-7H,8-12H2,(H,23,27). The van der Waals surface area contributed by atoms with Gasteiger partial charge in [-0.3, -0.25) is 9.69 Å². The third kappa shape index (κ3) is 4.94. The van der Waals surface area contributed by atoms with Crippen molar-refractivity contribution in [2.45, 2.75) is 6.18 Å². The van der Waals surface area contributed by atoms with Gasteiger partial charge in [-0.15, -0.1) is 0 Å². The van der Waals surface area contributed by atoms with Crippen LogP contribution in [-0.2, 0) is 11.0 Å². The summed E-state index contributed by atoms with van der Waals surface area (Å²) >= 11 is 0. The number of carbonyl (C=O) groups is 1. The molecule has 1 aliphatic rings. The minimum Gasteiger partial charge on any atom is -0.354 e. The number of pyridine rings is 1. The number of hydrogen-bond donors (Lipinski definition) is 1. The van der Waals surface area contributed by atoms with Gasteiger partial charge in [-0.1, -0.05) is 18.2 Å². The van der Waals surface area contributed by atoms with Crippen LogP contribution in [0.1, 0.15) is 5.56 Å². The van der Waals surface area contributed by atoms with Gasteiger partial charge in [0.25, 0.3) is 0 Å². The Morgan fingerprint density at radius 2 is 1.74 bits per heavy atom. The summed E-state index contributed by atoms with van der Waals surface area (Å²) in [6.07, 6.45) is -4.53. The molecule has 144 valence electrons. The topological polar surface area (TPSA) is 48.5 Å². The van der Waals surface area contributed by atoms with Crippen molar-refractivity contribution in [2.75, 3.05) is 42.9 Å². The molecule has 1 N–H and O–H groups in total. The number of benzene rings is 1. The van der Waals surface area contributed by atoms with Crippen molar-refractivity contribution in [3.8, 4) is 0 Å². The van der Waals surface area contributed by atoms with Gasteiger partial charge in [0.1, 0.15) is 5.82 Å². The molecule has 3 rings (SSSR count). The SMILES string of the molecule is O=C(CN1CCN(c2cccc(F)n2)CC1)Nc1ccccc1C(F)(F)F. The van der Waals surface area contributed by atoms with Gasteiger partial charge in [0.2, 0.25) is 11.9 Å². The van der Waals surface area contributed by atoms with E-state index in [1.54, 1.807) is 12.1 Å². The van der Waals surface area contributed by atoms with E-state index >= 15 is 0 Å². The highest BCUT2D eigenvalue weighted by atomic mass is 19.4. The van der Waals surface area contributed by atoms with Crippen molar-refractivity contribution >= 4 is 17.4 Å². The van der Waals surface area contributed by atoms with Crippen molar-refractivity contribution in [2.24, 2.45) is 0 Å². The summed E-state index contributed by atoms with van der Waals surface area (Å²) in [7, 11) is 0. The van der Waals surface area contributed by atoms with Gasteiger partial charge in [0.15, 0.2) is 0 Å². The van der Waals surface area contributed by atoms with Gasteiger partial charge < -0.3 is 10.2 Å². The molecule has 1 aromatic carbocycles. The number of para-hydroxylation sites is 1. The Hall–Kier alpha value is -2.68. The number of aromatic nitrogens is 1. The largest absolute Gasteiger partial charge is 0.418 e. The second-order valence-electron chi connectivity index (χ2n) is 6.17. The summed E-state index contributed by atoms with van der Waals surface area (Å²) in [5.74, 6) is -0.542. The summed E-state index contributed by atoms with van der Waals surface area (Å²) in [6, 6.07) is 9.43. The smallest absolute Gasteiger partial charge is 0.354 e. The van der Waals surface area contributed by atoms with Gasteiger partial charge in [-0.25, -0.2) is 4.98 Å². The first-order valence-corrected chi connectivity index (χ1v) is 8.39. The molecule has 0 unspecified atom stereocenters. The average molecular weight is 382 g/mol. The number of alkyl halides is 3. The molecule has 2 heterocycles. The summed E-state index contributed by atoms with van der Waals surface area (Å²) in [5.41, 5.74) is -1.13. The quantitative estimate of drug-likeness (QED) is 0.653. The molecule has 1 aromatic heterocycles. The molecule has 5 nitrogen and oxygen atoms in total. The van der Waals surface area contributed by atoms with E-state index in [2.05, 4.69) is 10.3 Å². The zero-order valence-corrected chi connectivity index (χ0v) is 14.3. The number of halogens is 4. The Kier molecular flexibility index (Phi) is 5.59. The monoisotopic (exact) mass is 382 g/mol. The normalized spacial score (nSPS) is 15.6. The Balaban J connectivity index is 1.55. The lowest BCUT2D eigenvalue weighted by Gasteiger charge is -2.35. The van der Waals surface area contributed by atoms with Crippen LogP contribution >= 0.6 is 0 Å². The van der Waals surface area contributed by atoms with Crippen LogP contribution in [0.5, 0.6) is 0 Å². The Morgan fingerprint density at radius 1 is 1.04 bits per heavy atom. The molecular formula is C18H18F4N4O. The molecule has 0 atom stereocenters. The fraction of sp³-hybridized carbons (Fsp3) is 0.333. The van der Waals surface area contributed by atoms with Crippen LogP contribution in [0.3, 0.4) is 0 Å². The van der Waals surface area contributed by atoms with Crippen molar-refractivity contribution in [1.29, 1.82) is 0 Å². The van der Waals surface area contributed by atoms with Crippen LogP contribution in [0.15, 0.2) is 42.5 Å². The number of hydrogen-bond acceptors (Lipinski definition) is 4. The first-order chi connectivity index (χ1) is 12.8. The van der Waals surface area contributed by atoms with E-state index in [0.29, 0.717) is 32.0 Å². The van der Waals surface area contributed by atoms with Gasteiger partial charge in [0, 0.05) is 26.2 Å². The first-order valence-electron chi connectivity index (χ1n) is 8.39. The van der Waals surface area contributed by atoms with E-state index in [1.165, 1.54) is 24.3 Å². The van der Waals surface area contributed by atoms with Crippen molar-refractivity contribution < 1.29 is 22.4 Å². The maximum Gasteiger partial charge on any atom is 0.418 e. The van der Waals surface area contributed by atoms with E-state index in [-0.39, 0.29) is 12.2 Å². The zero-order valence-electron chi connectivity index (χ0n) is 14.3. The minimum absolute atomic E-state index is 0.0173. The lowest BCUT2D eigenvalue weighted by atomic mass is 10.1. The van der Waals surface area contributed by atoms with Gasteiger partial charge in [-0.05, 0) is 24.3 Å². The predicted octanol–water partition coefficient (Wildman–Crippen LogP) is 3.00. The van der Waals surface area contributed by atoms with Gasteiger partial charge in [-0.2, -0.15) is 17.6 Å². The molecule has 1 fully saturated rings. The van der Waals surface area contributed by atoms with E-state index in [0.717, 1.165) is 6.07 Å². The number of rotatable bonds is 4. The number of nitrogens with one attached hydrogen (secondary N) is 1. The van der Waals surface area contributed by atoms with Crippen LogP contribution in [-0.4, -0.2) is 48.5 Å². The predicted molar refractivity (Wildman–Crippen MR) is 92.9 cm³/mol. The first kappa shape index (κ1) is 19.1. The molecular weight excluding hydrogens is 364 g/mol. The van der Waals surface area contributed by atoms with Crippen LogP contribution in [0, 0.1) is 5.95 Å². The van der Waals surface area contributed by atoms with Crippen LogP contribution in [0.4, 0.5) is 29.1 Å². The average Bonchev–Trinajstić information content (AvgIpc) is 2.62. The van der Waals surface area contributed by atoms with E-state index < -0.39 is 23.6 Å². The number of anilines is 2. The highest BCUT2D eigenvalue weighted by Crippen LogP contribution is 2.34. The van der Waals surface area contributed by atoms with Gasteiger partial charge >= 0.3 is 6.18 Å². The lowest BCUT2D eigenvalue weighted by molar-refractivity contribution is -0.137. The zero-order chi connectivity index (χ0) is 19.4. The van der Waals surface area contributed by atoms with Crippen LogP contribution < -0.4 is 10.2 Å². The Bertz CT molecular complexity index is 804. The Labute approximate surface area is 153 Å². The second-order valence-corrected chi connectivity index (χ2v) is 6.17. The fourth-order valence-electron chi connectivity index (χ4n) is 2.94. The summed E-state index contributed by atoms with van der Waals surface area (Å²) in [4.78, 5) is 19.7. The van der Waals surface area contributed by atoms with E-state index in [1.807, 2.05) is 9.80 Å². The lowest BCUT2D eigenvalue weighted by Crippen LogP contribution is -2.49. The molecule has 2 aromatic rings. The Morgan fingerprint density at radius 3 is 2.41 bits per heavy atom. The van der Waals surface area contributed by atoms with Crippen molar-refractivity contribution in [3.05, 3.63) is 54.0 Å². The second kappa shape index (κ2) is 7.91. The molecule has 1 amide bonds. The molecule has 0 spiro atoms. The third-order valence-electron chi connectivity index (χ3n) is 4.27. The number of carbonyl (C=O) groups excluding carboxylic acids is 1. The molecule has 0 aliphatic carbocycles. The van der Waals surface area contributed by atoms with Crippen molar-refractivity contribution in [1.82, 2.24) is 9.88 Å². The summed E-state index contributed by atoms with van der Waals surface area (Å²) in [5, 5.41) is 2.34. The van der Waals surface area contributed by atoms with Crippen molar-refractivity contribution in [3.63, 3.8) is 0 Å². The number of nitrogens with zero attached hydrogens (tertiary/aromatic N) is 3. The fourth-order valence-corrected chi connectivity index (χ4v) is 2.94. The molecule has 1 saturated heterocycles. The molecule has 27 heavy (non-hydrogen) atoms. The van der Waals surface area contributed by atoms with E-state index in [4.69, 9.17) is 0 Å². The minimum atomic E-state index is -4.53. The summed E-state index contributed by atoms with van der Waals surface area (Å²) in [6.45, 7) is 2.11. The highest BCUT2D eigenvalue weighted by molar-refractivity contribution is 5.93. The molecule has 9 heteroatoms. The molecule has 1 aliphatic heterocycles. The third-order valence-corrected chi connectivity index (χ3v) is 4.27. The highest BCUT2D eigenvalue weighted by Gasteiger charge is 2.33. The molecule has 0 saturated carbocycles. The summed E-state index contributed by atoms with van der Waals surface area (Å²) < 4.78 is 52.2.